The summed E-state index contributed by atoms with van der Waals surface area (Å²) in [5, 5.41) is 0.419. The van der Waals surface area contributed by atoms with Crippen LogP contribution in [-0.2, 0) is 16.4 Å². The fraction of sp³-hybridized carbons (Fsp3) is 0.316. The van der Waals surface area contributed by atoms with Gasteiger partial charge in [0.05, 0.1) is 30.2 Å². The van der Waals surface area contributed by atoms with Crippen LogP contribution >= 0.6 is 23.2 Å². The molecule has 1 atom stereocenters. The number of amides is 1. The second kappa shape index (κ2) is 8.27. The van der Waals surface area contributed by atoms with E-state index in [2.05, 4.69) is 0 Å². The standard InChI is InChI=1S/C19H18Cl2FNO4S/c1-27-18-6-5-12(9-16(18)21)19(24)23(13-7-8-28(25,26)11-13)10-14-15(20)3-2-4-17(14)22/h2-6,9,13H,7-8,10-11H2,1H3/t13-/m1/s1. The molecule has 1 amide bonds. The molecule has 0 aromatic heterocycles. The van der Waals surface area contributed by atoms with Gasteiger partial charge in [-0.15, -0.1) is 0 Å². The summed E-state index contributed by atoms with van der Waals surface area (Å²) in [5.41, 5.74) is 0.393. The molecule has 28 heavy (non-hydrogen) atoms. The highest BCUT2D eigenvalue weighted by Gasteiger charge is 2.35. The maximum Gasteiger partial charge on any atom is 0.254 e. The number of rotatable bonds is 5. The van der Waals surface area contributed by atoms with Gasteiger partial charge in [-0.2, -0.15) is 0 Å². The average Bonchev–Trinajstić information content (AvgIpc) is 3.00. The molecule has 0 aliphatic carbocycles. The van der Waals surface area contributed by atoms with Crippen molar-refractivity contribution in [2.75, 3.05) is 18.6 Å². The van der Waals surface area contributed by atoms with Gasteiger partial charge in [0.1, 0.15) is 11.6 Å². The van der Waals surface area contributed by atoms with Crippen LogP contribution in [0.5, 0.6) is 5.75 Å². The smallest absolute Gasteiger partial charge is 0.254 e. The minimum Gasteiger partial charge on any atom is -0.495 e. The quantitative estimate of drug-likeness (QED) is 0.698. The van der Waals surface area contributed by atoms with E-state index in [1.807, 2.05) is 0 Å². The Balaban J connectivity index is 1.98. The third-order valence-electron chi connectivity index (χ3n) is 4.70. The molecule has 0 saturated carbocycles. The number of halogens is 3. The third-order valence-corrected chi connectivity index (χ3v) is 7.10. The Kier molecular flexibility index (Phi) is 6.17. The van der Waals surface area contributed by atoms with Crippen molar-refractivity contribution >= 4 is 38.9 Å². The van der Waals surface area contributed by atoms with Crippen molar-refractivity contribution in [3.8, 4) is 5.75 Å². The Morgan fingerprint density at radius 3 is 2.57 bits per heavy atom. The van der Waals surface area contributed by atoms with Crippen molar-refractivity contribution in [2.45, 2.75) is 19.0 Å². The summed E-state index contributed by atoms with van der Waals surface area (Å²) in [4.78, 5) is 14.5. The molecular weight excluding hydrogens is 428 g/mol. The van der Waals surface area contributed by atoms with Gasteiger partial charge in [0.2, 0.25) is 0 Å². The molecule has 150 valence electrons. The first-order valence-electron chi connectivity index (χ1n) is 8.49. The van der Waals surface area contributed by atoms with Gasteiger partial charge in [-0.3, -0.25) is 4.79 Å². The largest absolute Gasteiger partial charge is 0.495 e. The maximum atomic E-state index is 14.3. The van der Waals surface area contributed by atoms with Crippen LogP contribution in [-0.4, -0.2) is 43.9 Å². The summed E-state index contributed by atoms with van der Waals surface area (Å²) in [6.07, 6.45) is 0.282. The van der Waals surface area contributed by atoms with E-state index in [9.17, 15) is 17.6 Å². The van der Waals surface area contributed by atoms with Crippen molar-refractivity contribution in [3.63, 3.8) is 0 Å². The van der Waals surface area contributed by atoms with Gasteiger partial charge < -0.3 is 9.64 Å². The molecule has 1 heterocycles. The van der Waals surface area contributed by atoms with Crippen LogP contribution in [0.3, 0.4) is 0 Å². The number of methoxy groups -OCH3 is 1. The molecule has 0 spiro atoms. The predicted molar refractivity (Wildman–Crippen MR) is 106 cm³/mol. The number of benzene rings is 2. The number of carbonyl (C=O) groups excluding carboxylic acids is 1. The minimum atomic E-state index is -3.25. The number of sulfone groups is 1. The highest BCUT2D eigenvalue weighted by molar-refractivity contribution is 7.91. The van der Waals surface area contributed by atoms with Crippen LogP contribution < -0.4 is 4.74 Å². The van der Waals surface area contributed by atoms with Crippen LogP contribution in [0, 0.1) is 5.82 Å². The van der Waals surface area contributed by atoms with Crippen molar-refractivity contribution < 1.29 is 22.3 Å². The fourth-order valence-electron chi connectivity index (χ4n) is 3.21. The molecule has 1 fully saturated rings. The van der Waals surface area contributed by atoms with E-state index in [1.165, 1.54) is 42.3 Å². The molecule has 0 N–H and O–H groups in total. The SMILES string of the molecule is COc1ccc(C(=O)N(Cc2c(F)cccc2Cl)[C@@H]2CCS(=O)(=O)C2)cc1Cl. The molecular formula is C19H18Cl2FNO4S. The number of hydrogen-bond acceptors (Lipinski definition) is 4. The van der Waals surface area contributed by atoms with Crippen LogP contribution in [0.25, 0.3) is 0 Å². The van der Waals surface area contributed by atoms with Crippen LogP contribution in [0.15, 0.2) is 36.4 Å². The Morgan fingerprint density at radius 1 is 1.25 bits per heavy atom. The molecule has 3 rings (SSSR count). The molecule has 5 nitrogen and oxygen atoms in total. The Labute approximate surface area is 172 Å². The van der Waals surface area contributed by atoms with E-state index in [4.69, 9.17) is 27.9 Å². The molecule has 1 saturated heterocycles. The Bertz CT molecular complexity index is 993. The molecule has 9 heteroatoms. The Hall–Kier alpha value is -1.83. The third kappa shape index (κ3) is 4.42. The summed E-state index contributed by atoms with van der Waals surface area (Å²) in [6.45, 7) is -0.145. The number of hydrogen-bond donors (Lipinski definition) is 0. The van der Waals surface area contributed by atoms with Gasteiger partial charge in [-0.1, -0.05) is 29.3 Å². The lowest BCUT2D eigenvalue weighted by molar-refractivity contribution is 0.0679. The summed E-state index contributed by atoms with van der Waals surface area (Å²) in [6, 6.07) is 8.20. The Morgan fingerprint density at radius 2 is 2.00 bits per heavy atom. The summed E-state index contributed by atoms with van der Waals surface area (Å²) >= 11 is 12.2. The second-order valence-electron chi connectivity index (χ2n) is 6.54. The second-order valence-corrected chi connectivity index (χ2v) is 9.58. The first kappa shape index (κ1) is 20.9. The highest BCUT2D eigenvalue weighted by Crippen LogP contribution is 2.29. The first-order valence-corrected chi connectivity index (χ1v) is 11.1. The summed E-state index contributed by atoms with van der Waals surface area (Å²) in [7, 11) is -1.80. The zero-order valence-electron chi connectivity index (χ0n) is 15.0. The minimum absolute atomic E-state index is 0.0180. The van der Waals surface area contributed by atoms with E-state index >= 15 is 0 Å². The molecule has 0 radical (unpaired) electrons. The lowest BCUT2D eigenvalue weighted by Gasteiger charge is -2.29. The van der Waals surface area contributed by atoms with Crippen LogP contribution in [0.1, 0.15) is 22.3 Å². The normalized spacial score (nSPS) is 18.1. The van der Waals surface area contributed by atoms with E-state index in [0.29, 0.717) is 5.75 Å². The zero-order valence-corrected chi connectivity index (χ0v) is 17.3. The van der Waals surface area contributed by atoms with Crippen LogP contribution in [0.4, 0.5) is 4.39 Å². The van der Waals surface area contributed by atoms with Crippen molar-refractivity contribution in [1.29, 1.82) is 0 Å². The molecule has 2 aromatic rings. The molecule has 0 unspecified atom stereocenters. The van der Waals surface area contributed by atoms with E-state index in [-0.39, 0.29) is 45.6 Å². The predicted octanol–water partition coefficient (Wildman–Crippen LogP) is 3.97. The van der Waals surface area contributed by atoms with E-state index in [0.717, 1.165) is 0 Å². The van der Waals surface area contributed by atoms with Gasteiger partial charge in [-0.05, 0) is 36.8 Å². The lowest BCUT2D eigenvalue weighted by atomic mass is 10.1. The van der Waals surface area contributed by atoms with E-state index in [1.54, 1.807) is 6.07 Å². The van der Waals surface area contributed by atoms with Gasteiger partial charge in [0.25, 0.3) is 5.91 Å². The molecule has 0 bridgehead atoms. The van der Waals surface area contributed by atoms with Crippen LogP contribution in [0.2, 0.25) is 10.0 Å². The molecule has 1 aliphatic heterocycles. The summed E-state index contributed by atoms with van der Waals surface area (Å²) < 4.78 is 43.3. The van der Waals surface area contributed by atoms with E-state index < -0.39 is 27.6 Å². The first-order chi connectivity index (χ1) is 13.2. The van der Waals surface area contributed by atoms with Gasteiger partial charge >= 0.3 is 0 Å². The van der Waals surface area contributed by atoms with Gasteiger partial charge in [0, 0.05) is 22.2 Å². The maximum absolute atomic E-state index is 14.3. The highest BCUT2D eigenvalue weighted by atomic mass is 35.5. The fourth-order valence-corrected chi connectivity index (χ4v) is 5.42. The lowest BCUT2D eigenvalue weighted by Crippen LogP contribution is -2.41. The molecule has 2 aromatic carbocycles. The number of carbonyl (C=O) groups is 1. The van der Waals surface area contributed by atoms with Crippen molar-refractivity contribution in [2.24, 2.45) is 0 Å². The number of nitrogens with zero attached hydrogens (tertiary/aromatic N) is 1. The molecule has 1 aliphatic rings. The van der Waals surface area contributed by atoms with Crippen molar-refractivity contribution in [3.05, 3.63) is 63.4 Å². The average molecular weight is 446 g/mol. The van der Waals surface area contributed by atoms with Gasteiger partial charge in [0.15, 0.2) is 9.84 Å². The zero-order chi connectivity index (χ0) is 20.5. The monoisotopic (exact) mass is 445 g/mol. The number of ether oxygens (including phenoxy) is 1. The topological polar surface area (TPSA) is 63.7 Å². The van der Waals surface area contributed by atoms with Gasteiger partial charge in [-0.25, -0.2) is 12.8 Å². The van der Waals surface area contributed by atoms with Crippen molar-refractivity contribution in [1.82, 2.24) is 4.90 Å². The summed E-state index contributed by atoms with van der Waals surface area (Å²) in [5.74, 6) is -0.792.